The van der Waals surface area contributed by atoms with Gasteiger partial charge in [0.2, 0.25) is 5.91 Å². The van der Waals surface area contributed by atoms with Gasteiger partial charge in [0, 0.05) is 36.2 Å². The molecule has 0 radical (unpaired) electrons. The molecule has 2 aliphatic rings. The highest BCUT2D eigenvalue weighted by Gasteiger charge is 2.34. The summed E-state index contributed by atoms with van der Waals surface area (Å²) in [5, 5.41) is 16.4. The van der Waals surface area contributed by atoms with Crippen LogP contribution in [-0.4, -0.2) is 40.1 Å². The van der Waals surface area contributed by atoms with E-state index in [1.54, 1.807) is 24.6 Å². The van der Waals surface area contributed by atoms with E-state index < -0.39 is 6.09 Å². The maximum Gasteiger partial charge on any atom is 0.407 e. The number of carbonyl (C=O) groups is 2. The van der Waals surface area contributed by atoms with Gasteiger partial charge in [-0.05, 0) is 84.9 Å². The fraction of sp³-hybridized carbons (Fsp3) is 0.414. The molecule has 37 heavy (non-hydrogen) atoms. The number of anilines is 1. The van der Waals surface area contributed by atoms with E-state index in [-0.39, 0.29) is 23.4 Å². The number of pyridine rings is 1. The Morgan fingerprint density at radius 3 is 2.46 bits per heavy atom. The molecule has 3 aromatic rings. The Morgan fingerprint density at radius 2 is 1.86 bits per heavy atom. The van der Waals surface area contributed by atoms with E-state index in [4.69, 9.17) is 10.7 Å². The van der Waals surface area contributed by atoms with Gasteiger partial charge >= 0.3 is 6.09 Å². The van der Waals surface area contributed by atoms with Crippen LogP contribution in [0.25, 0.3) is 22.4 Å². The molecule has 5 rings (SSSR count). The van der Waals surface area contributed by atoms with Crippen LogP contribution in [0.3, 0.4) is 0 Å². The smallest absolute Gasteiger partial charge is 0.407 e. The predicted octanol–water partition coefficient (Wildman–Crippen LogP) is 6.31. The Bertz CT molecular complexity index is 1250. The second kappa shape index (κ2) is 10.6. The van der Waals surface area contributed by atoms with Gasteiger partial charge in [0.05, 0.1) is 17.6 Å². The van der Waals surface area contributed by atoms with Crippen LogP contribution in [0, 0.1) is 5.92 Å². The first kappa shape index (κ1) is 25.4. The topological polar surface area (TPSA) is 109 Å². The van der Waals surface area contributed by atoms with Crippen molar-refractivity contribution < 1.29 is 14.7 Å². The number of nitrogens with zero attached hydrogens (tertiary/aromatic N) is 2. The summed E-state index contributed by atoms with van der Waals surface area (Å²) in [6, 6.07) is 12.5. The van der Waals surface area contributed by atoms with Crippen molar-refractivity contribution in [2.75, 3.05) is 12.4 Å². The molecule has 2 amide bonds. The number of carbonyl (C=O) groups excluding carboxylic acids is 1. The summed E-state index contributed by atoms with van der Waals surface area (Å²) in [6.45, 7) is 0. The van der Waals surface area contributed by atoms with Gasteiger partial charge < -0.3 is 21.1 Å². The fourth-order valence-corrected chi connectivity index (χ4v) is 6.23. The number of hydrogen-bond acceptors (Lipinski definition) is 5. The quantitative estimate of drug-likeness (QED) is 0.339. The summed E-state index contributed by atoms with van der Waals surface area (Å²) in [5.41, 5.74) is 12.1. The summed E-state index contributed by atoms with van der Waals surface area (Å²) in [6.07, 6.45) is 7.80. The lowest BCUT2D eigenvalue weighted by molar-refractivity contribution is -0.117. The number of carboxylic acid groups (broad SMARTS) is 1. The number of amides is 2. The molecule has 0 saturated heterocycles. The Kier molecular flexibility index (Phi) is 7.31. The summed E-state index contributed by atoms with van der Waals surface area (Å²) in [5.74, 6) is 0.237. The van der Waals surface area contributed by atoms with Gasteiger partial charge in [-0.2, -0.15) is 11.3 Å². The number of nitrogens with one attached hydrogen (secondary N) is 1. The second-order valence-electron chi connectivity index (χ2n) is 10.5. The minimum atomic E-state index is -0.892. The number of thiophene rings is 1. The maximum absolute atomic E-state index is 12.9. The molecular formula is C29H34N4O3S. The number of rotatable bonds is 7. The van der Waals surface area contributed by atoms with Crippen molar-refractivity contribution in [1.82, 2.24) is 9.88 Å². The standard InChI is InChI=1S/C29H34N4O3S/c1-33(28(35)36)24-9-3-19(4-10-24)15-26(34)32-23-16-25(21-11-14-37-18-21)27(31-17-23)20-5-7-22(8-6-20)29(30)12-2-13-29/h5-8,11,14,16-19,24H,2-4,9-10,12-13,15,30H2,1H3,(H,32,34)(H,35,36)/t19-,24-. The Hall–Kier alpha value is -3.23. The highest BCUT2D eigenvalue weighted by atomic mass is 32.1. The first-order valence-corrected chi connectivity index (χ1v) is 13.9. The number of aromatic nitrogens is 1. The second-order valence-corrected chi connectivity index (χ2v) is 11.3. The largest absolute Gasteiger partial charge is 0.465 e. The average molecular weight is 519 g/mol. The zero-order valence-electron chi connectivity index (χ0n) is 21.2. The molecule has 0 unspecified atom stereocenters. The van der Waals surface area contributed by atoms with Gasteiger partial charge in [-0.1, -0.05) is 24.3 Å². The molecular weight excluding hydrogens is 484 g/mol. The molecule has 0 bridgehead atoms. The maximum atomic E-state index is 12.9. The van der Waals surface area contributed by atoms with Crippen molar-refractivity contribution in [3.63, 3.8) is 0 Å². The predicted molar refractivity (Wildman–Crippen MR) is 147 cm³/mol. The van der Waals surface area contributed by atoms with Crippen molar-refractivity contribution in [3.05, 3.63) is 58.9 Å². The monoisotopic (exact) mass is 518 g/mol. The summed E-state index contributed by atoms with van der Waals surface area (Å²) < 4.78 is 0. The zero-order chi connectivity index (χ0) is 26.0. The third kappa shape index (κ3) is 5.55. The molecule has 0 spiro atoms. The molecule has 2 saturated carbocycles. The lowest BCUT2D eigenvalue weighted by Gasteiger charge is -2.38. The van der Waals surface area contributed by atoms with Crippen LogP contribution in [0.2, 0.25) is 0 Å². The lowest BCUT2D eigenvalue weighted by atomic mass is 9.72. The van der Waals surface area contributed by atoms with Crippen LogP contribution < -0.4 is 11.1 Å². The average Bonchev–Trinajstić information content (AvgIpc) is 3.42. The summed E-state index contributed by atoms with van der Waals surface area (Å²) in [7, 11) is 1.62. The van der Waals surface area contributed by atoms with Gasteiger partial charge in [-0.3, -0.25) is 9.78 Å². The van der Waals surface area contributed by atoms with Crippen LogP contribution in [0.1, 0.15) is 56.9 Å². The fourth-order valence-electron chi connectivity index (χ4n) is 5.57. The third-order valence-electron chi connectivity index (χ3n) is 8.12. The molecule has 2 aliphatic carbocycles. The highest BCUT2D eigenvalue weighted by Crippen LogP contribution is 2.40. The van der Waals surface area contributed by atoms with E-state index in [0.717, 1.165) is 60.9 Å². The molecule has 2 fully saturated rings. The SMILES string of the molecule is CN(C(=O)O)[C@H]1CC[C@H](CC(=O)Nc2cnc(-c3ccc(C4(N)CCC4)cc3)c(-c3ccsc3)c2)CC1. The normalized spacial score (nSPS) is 20.6. The van der Waals surface area contributed by atoms with Crippen molar-refractivity contribution >= 4 is 29.0 Å². The minimum absolute atomic E-state index is 0.0287. The van der Waals surface area contributed by atoms with E-state index in [1.165, 1.54) is 16.9 Å². The van der Waals surface area contributed by atoms with Gasteiger partial charge in [0.1, 0.15) is 0 Å². The molecule has 1 aromatic carbocycles. The van der Waals surface area contributed by atoms with Crippen molar-refractivity contribution in [2.45, 2.75) is 62.9 Å². The first-order chi connectivity index (χ1) is 17.8. The first-order valence-electron chi connectivity index (χ1n) is 13.0. The van der Waals surface area contributed by atoms with Crippen molar-refractivity contribution in [3.8, 4) is 22.4 Å². The van der Waals surface area contributed by atoms with Crippen molar-refractivity contribution in [2.24, 2.45) is 11.7 Å². The van der Waals surface area contributed by atoms with E-state index in [0.29, 0.717) is 12.1 Å². The Labute approximate surface area is 221 Å². The van der Waals surface area contributed by atoms with Gasteiger partial charge in [-0.25, -0.2) is 4.79 Å². The molecule has 7 nitrogen and oxygen atoms in total. The van der Waals surface area contributed by atoms with E-state index in [1.807, 2.05) is 11.4 Å². The number of hydrogen-bond donors (Lipinski definition) is 3. The van der Waals surface area contributed by atoms with Gasteiger partial charge in [0.25, 0.3) is 0 Å². The number of benzene rings is 1. The molecule has 2 heterocycles. The lowest BCUT2D eigenvalue weighted by Crippen LogP contribution is -2.43. The number of nitrogens with two attached hydrogens (primary N) is 1. The van der Waals surface area contributed by atoms with Crippen LogP contribution >= 0.6 is 11.3 Å². The minimum Gasteiger partial charge on any atom is -0.465 e. The molecule has 2 aromatic heterocycles. The van der Waals surface area contributed by atoms with Gasteiger partial charge in [0.15, 0.2) is 0 Å². The van der Waals surface area contributed by atoms with Crippen LogP contribution in [-0.2, 0) is 10.3 Å². The Morgan fingerprint density at radius 1 is 1.14 bits per heavy atom. The van der Waals surface area contributed by atoms with E-state index in [2.05, 4.69) is 41.0 Å². The van der Waals surface area contributed by atoms with E-state index >= 15 is 0 Å². The molecule has 194 valence electrons. The molecule has 0 aliphatic heterocycles. The van der Waals surface area contributed by atoms with Crippen molar-refractivity contribution in [1.29, 1.82) is 0 Å². The highest BCUT2D eigenvalue weighted by molar-refractivity contribution is 7.08. The van der Waals surface area contributed by atoms with Crippen LogP contribution in [0.5, 0.6) is 0 Å². The summed E-state index contributed by atoms with van der Waals surface area (Å²) >= 11 is 1.63. The Balaban J connectivity index is 1.28. The van der Waals surface area contributed by atoms with Gasteiger partial charge in [-0.15, -0.1) is 0 Å². The third-order valence-corrected chi connectivity index (χ3v) is 8.81. The summed E-state index contributed by atoms with van der Waals surface area (Å²) in [4.78, 5) is 30.2. The zero-order valence-corrected chi connectivity index (χ0v) is 22.0. The van der Waals surface area contributed by atoms with Crippen LogP contribution in [0.4, 0.5) is 10.5 Å². The molecule has 4 N–H and O–H groups in total. The van der Waals surface area contributed by atoms with Crippen LogP contribution in [0.15, 0.2) is 53.4 Å². The molecule has 0 atom stereocenters. The van der Waals surface area contributed by atoms with E-state index in [9.17, 15) is 14.7 Å². The molecule has 8 heteroatoms.